The SMILES string of the molecule is COc1ccc(Cn2ncc3c4c(CCO)cc(C)cc4c(=O)n(C)c32)cc1. The van der Waals surface area contributed by atoms with Crippen LogP contribution in [0.4, 0.5) is 0 Å². The average Bonchev–Trinajstić information content (AvgIpc) is 3.10. The van der Waals surface area contributed by atoms with Gasteiger partial charge in [0.05, 0.1) is 19.9 Å². The summed E-state index contributed by atoms with van der Waals surface area (Å²) in [5.74, 6) is 0.802. The van der Waals surface area contributed by atoms with Gasteiger partial charge in [-0.05, 0) is 42.7 Å². The number of nitrogens with zero attached hydrogens (tertiary/aromatic N) is 3. The number of benzene rings is 2. The van der Waals surface area contributed by atoms with Crippen LogP contribution in [0.5, 0.6) is 5.75 Å². The van der Waals surface area contributed by atoms with E-state index in [1.54, 1.807) is 18.7 Å². The molecule has 0 unspecified atom stereocenters. The molecule has 0 aliphatic heterocycles. The summed E-state index contributed by atoms with van der Waals surface area (Å²) in [6, 6.07) is 11.8. The van der Waals surface area contributed by atoms with Crippen LogP contribution in [0, 0.1) is 6.92 Å². The number of pyridine rings is 1. The molecule has 2 aromatic heterocycles. The molecule has 28 heavy (non-hydrogen) atoms. The molecule has 0 fully saturated rings. The molecule has 4 aromatic rings. The van der Waals surface area contributed by atoms with Gasteiger partial charge in [-0.25, -0.2) is 4.68 Å². The van der Waals surface area contributed by atoms with Gasteiger partial charge in [0.2, 0.25) is 0 Å². The van der Waals surface area contributed by atoms with Crippen molar-refractivity contribution in [2.45, 2.75) is 19.9 Å². The number of aromatic nitrogens is 3. The van der Waals surface area contributed by atoms with Crippen molar-refractivity contribution in [3.05, 3.63) is 69.6 Å². The maximum atomic E-state index is 13.1. The van der Waals surface area contributed by atoms with E-state index < -0.39 is 0 Å². The summed E-state index contributed by atoms with van der Waals surface area (Å²) in [7, 11) is 3.42. The number of hydrogen-bond acceptors (Lipinski definition) is 4. The minimum Gasteiger partial charge on any atom is -0.497 e. The Bertz CT molecular complexity index is 1220. The van der Waals surface area contributed by atoms with Crippen LogP contribution < -0.4 is 10.3 Å². The molecule has 0 aliphatic rings. The summed E-state index contributed by atoms with van der Waals surface area (Å²) < 4.78 is 8.73. The van der Waals surface area contributed by atoms with Crippen molar-refractivity contribution >= 4 is 21.8 Å². The number of aliphatic hydroxyl groups excluding tert-OH is 1. The van der Waals surface area contributed by atoms with Crippen molar-refractivity contribution in [3.8, 4) is 5.75 Å². The van der Waals surface area contributed by atoms with Crippen LogP contribution in [-0.2, 0) is 20.0 Å². The van der Waals surface area contributed by atoms with E-state index in [0.717, 1.165) is 38.9 Å². The van der Waals surface area contributed by atoms with Gasteiger partial charge < -0.3 is 9.84 Å². The maximum absolute atomic E-state index is 13.1. The molecule has 6 heteroatoms. The highest BCUT2D eigenvalue weighted by atomic mass is 16.5. The van der Waals surface area contributed by atoms with E-state index in [1.807, 2.05) is 54.2 Å². The van der Waals surface area contributed by atoms with Crippen molar-refractivity contribution in [2.24, 2.45) is 7.05 Å². The highest BCUT2D eigenvalue weighted by Crippen LogP contribution is 2.28. The molecule has 0 saturated heterocycles. The van der Waals surface area contributed by atoms with E-state index in [0.29, 0.717) is 18.4 Å². The van der Waals surface area contributed by atoms with Crippen LogP contribution in [0.2, 0.25) is 0 Å². The van der Waals surface area contributed by atoms with Crippen LogP contribution in [0.1, 0.15) is 16.7 Å². The fourth-order valence-corrected chi connectivity index (χ4v) is 3.87. The highest BCUT2D eigenvalue weighted by Gasteiger charge is 2.17. The third-order valence-corrected chi connectivity index (χ3v) is 5.17. The van der Waals surface area contributed by atoms with Crippen molar-refractivity contribution in [1.29, 1.82) is 0 Å². The summed E-state index contributed by atoms with van der Waals surface area (Å²) in [6.45, 7) is 2.56. The molecule has 6 nitrogen and oxygen atoms in total. The van der Waals surface area contributed by atoms with Gasteiger partial charge in [0.25, 0.3) is 5.56 Å². The first kappa shape index (κ1) is 18.3. The molecule has 2 heterocycles. The molecule has 0 atom stereocenters. The summed E-state index contributed by atoms with van der Waals surface area (Å²) in [5.41, 5.74) is 3.78. The summed E-state index contributed by atoms with van der Waals surface area (Å²) in [4.78, 5) is 13.1. The fourth-order valence-electron chi connectivity index (χ4n) is 3.87. The smallest absolute Gasteiger partial charge is 0.259 e. The van der Waals surface area contributed by atoms with E-state index in [4.69, 9.17) is 4.74 Å². The minimum absolute atomic E-state index is 0.0369. The Morgan fingerprint density at radius 1 is 1.14 bits per heavy atom. The molecule has 0 bridgehead atoms. The van der Waals surface area contributed by atoms with Gasteiger partial charge in [-0.1, -0.05) is 23.8 Å². The number of hydrogen-bond donors (Lipinski definition) is 1. The van der Waals surface area contributed by atoms with Crippen LogP contribution in [-0.4, -0.2) is 33.2 Å². The highest BCUT2D eigenvalue weighted by molar-refractivity contribution is 6.06. The van der Waals surface area contributed by atoms with E-state index in [1.165, 1.54) is 0 Å². The first-order valence-electron chi connectivity index (χ1n) is 9.25. The topological polar surface area (TPSA) is 69.3 Å². The number of ether oxygens (including phenoxy) is 1. The Kier molecular flexibility index (Phi) is 4.65. The quantitative estimate of drug-likeness (QED) is 0.581. The number of fused-ring (bicyclic) bond motifs is 3. The summed E-state index contributed by atoms with van der Waals surface area (Å²) in [5, 5.41) is 16.5. The zero-order chi connectivity index (χ0) is 19.8. The third kappa shape index (κ3) is 2.96. The molecule has 0 aliphatic carbocycles. The van der Waals surface area contributed by atoms with E-state index in [2.05, 4.69) is 5.10 Å². The lowest BCUT2D eigenvalue weighted by Crippen LogP contribution is -2.20. The van der Waals surface area contributed by atoms with E-state index in [9.17, 15) is 9.90 Å². The number of aryl methyl sites for hydroxylation is 2. The molecule has 0 amide bonds. The molecular formula is C22H23N3O3. The summed E-state index contributed by atoms with van der Waals surface area (Å²) in [6.07, 6.45) is 2.32. The van der Waals surface area contributed by atoms with Crippen LogP contribution in [0.15, 0.2) is 47.4 Å². The minimum atomic E-state index is -0.0538. The molecule has 2 aromatic carbocycles. The number of methoxy groups -OCH3 is 1. The molecule has 0 radical (unpaired) electrons. The molecular weight excluding hydrogens is 354 g/mol. The van der Waals surface area contributed by atoms with Crippen molar-refractivity contribution in [3.63, 3.8) is 0 Å². The van der Waals surface area contributed by atoms with Crippen LogP contribution in [0.3, 0.4) is 0 Å². The standard InChI is InChI=1S/C22H23N3O3/c1-14-10-16(8-9-26)20-18(11-14)22(27)24(2)21-19(20)12-23-25(21)13-15-4-6-17(28-3)7-5-15/h4-7,10-12,26H,8-9,13H2,1-3H3. The van der Waals surface area contributed by atoms with Gasteiger partial charge in [-0.3, -0.25) is 9.36 Å². The zero-order valence-corrected chi connectivity index (χ0v) is 16.3. The van der Waals surface area contributed by atoms with Gasteiger partial charge in [-0.2, -0.15) is 5.10 Å². The second-order valence-corrected chi connectivity index (χ2v) is 7.07. The molecule has 1 N–H and O–H groups in total. The number of aliphatic hydroxyl groups is 1. The van der Waals surface area contributed by atoms with Gasteiger partial charge in [0.1, 0.15) is 11.4 Å². The molecule has 4 rings (SSSR count). The zero-order valence-electron chi connectivity index (χ0n) is 16.3. The third-order valence-electron chi connectivity index (χ3n) is 5.17. The Morgan fingerprint density at radius 3 is 2.57 bits per heavy atom. The van der Waals surface area contributed by atoms with Gasteiger partial charge in [-0.15, -0.1) is 0 Å². The predicted molar refractivity (Wildman–Crippen MR) is 110 cm³/mol. The maximum Gasteiger partial charge on any atom is 0.259 e. The second kappa shape index (κ2) is 7.13. The normalized spacial score (nSPS) is 11.4. The Hall–Kier alpha value is -3.12. The summed E-state index contributed by atoms with van der Waals surface area (Å²) >= 11 is 0. The largest absolute Gasteiger partial charge is 0.497 e. The lowest BCUT2D eigenvalue weighted by molar-refractivity contribution is 0.300. The van der Waals surface area contributed by atoms with Gasteiger partial charge in [0, 0.05) is 29.8 Å². The first-order valence-corrected chi connectivity index (χ1v) is 9.25. The van der Waals surface area contributed by atoms with Gasteiger partial charge >= 0.3 is 0 Å². The van der Waals surface area contributed by atoms with Crippen molar-refractivity contribution in [1.82, 2.24) is 14.3 Å². The van der Waals surface area contributed by atoms with Gasteiger partial charge in [0.15, 0.2) is 0 Å². The van der Waals surface area contributed by atoms with E-state index in [-0.39, 0.29) is 12.2 Å². The van der Waals surface area contributed by atoms with Crippen LogP contribution >= 0.6 is 0 Å². The Labute approximate surface area is 162 Å². The molecule has 0 spiro atoms. The van der Waals surface area contributed by atoms with Crippen molar-refractivity contribution in [2.75, 3.05) is 13.7 Å². The lowest BCUT2D eigenvalue weighted by Gasteiger charge is -2.13. The average molecular weight is 377 g/mol. The monoisotopic (exact) mass is 377 g/mol. The second-order valence-electron chi connectivity index (χ2n) is 7.07. The van der Waals surface area contributed by atoms with E-state index >= 15 is 0 Å². The van der Waals surface area contributed by atoms with Crippen molar-refractivity contribution < 1.29 is 9.84 Å². The first-order chi connectivity index (χ1) is 13.5. The van der Waals surface area contributed by atoms with Crippen LogP contribution in [0.25, 0.3) is 21.8 Å². The Balaban J connectivity index is 1.94. The predicted octanol–water partition coefficient (Wildman–Crippen LogP) is 2.79. The molecule has 144 valence electrons. The lowest BCUT2D eigenvalue weighted by atomic mass is 9.98. The Morgan fingerprint density at radius 2 is 1.89 bits per heavy atom. The fraction of sp³-hybridized carbons (Fsp3) is 0.273. The molecule has 0 saturated carbocycles. The number of rotatable bonds is 5.